The van der Waals surface area contributed by atoms with Gasteiger partial charge in [-0.1, -0.05) is 18.2 Å². The van der Waals surface area contributed by atoms with Crippen LogP contribution in [0.25, 0.3) is 10.9 Å². The standard InChI is InChI=1S/C16H22N2O/c1-17-10-4-6-15(19)9-8-13-11-14-5-2-3-7-16(14)18-12-13/h2-3,5,7,11-12,15,17,19H,4,6,8-10H2,1H3/t15-/m1/s1. The number of aromatic nitrogens is 1. The van der Waals surface area contributed by atoms with Gasteiger partial charge >= 0.3 is 0 Å². The van der Waals surface area contributed by atoms with Crippen LogP contribution in [-0.2, 0) is 6.42 Å². The van der Waals surface area contributed by atoms with E-state index in [4.69, 9.17) is 0 Å². The molecule has 2 rings (SSSR count). The van der Waals surface area contributed by atoms with Gasteiger partial charge in [0.25, 0.3) is 0 Å². The molecule has 0 amide bonds. The SMILES string of the molecule is CNCCC[C@@H](O)CCc1cnc2ccccc2c1. The van der Waals surface area contributed by atoms with Gasteiger partial charge in [-0.15, -0.1) is 0 Å². The smallest absolute Gasteiger partial charge is 0.0702 e. The maximum Gasteiger partial charge on any atom is 0.0702 e. The molecule has 0 aliphatic carbocycles. The van der Waals surface area contributed by atoms with Gasteiger partial charge < -0.3 is 10.4 Å². The van der Waals surface area contributed by atoms with E-state index in [-0.39, 0.29) is 6.10 Å². The van der Waals surface area contributed by atoms with Crippen molar-refractivity contribution in [1.82, 2.24) is 10.3 Å². The zero-order valence-electron chi connectivity index (χ0n) is 11.5. The number of pyridine rings is 1. The molecule has 2 N–H and O–H groups in total. The number of para-hydroxylation sites is 1. The Morgan fingerprint density at radius 3 is 2.95 bits per heavy atom. The van der Waals surface area contributed by atoms with Crippen molar-refractivity contribution < 1.29 is 5.11 Å². The molecule has 0 saturated carbocycles. The van der Waals surface area contributed by atoms with E-state index >= 15 is 0 Å². The van der Waals surface area contributed by atoms with E-state index in [9.17, 15) is 5.11 Å². The van der Waals surface area contributed by atoms with Crippen LogP contribution in [0, 0.1) is 0 Å². The van der Waals surface area contributed by atoms with E-state index < -0.39 is 0 Å². The number of benzene rings is 1. The minimum Gasteiger partial charge on any atom is -0.393 e. The summed E-state index contributed by atoms with van der Waals surface area (Å²) >= 11 is 0. The van der Waals surface area contributed by atoms with Gasteiger partial charge in [0, 0.05) is 11.6 Å². The monoisotopic (exact) mass is 258 g/mol. The highest BCUT2D eigenvalue weighted by molar-refractivity contribution is 5.78. The van der Waals surface area contributed by atoms with Crippen LogP contribution >= 0.6 is 0 Å². The Labute approximate surface area is 114 Å². The largest absolute Gasteiger partial charge is 0.393 e. The molecule has 0 unspecified atom stereocenters. The summed E-state index contributed by atoms with van der Waals surface area (Å²) in [5.41, 5.74) is 2.23. The first-order chi connectivity index (χ1) is 9.29. The Morgan fingerprint density at radius 2 is 2.11 bits per heavy atom. The first-order valence-electron chi connectivity index (χ1n) is 6.96. The number of hydrogen-bond donors (Lipinski definition) is 2. The van der Waals surface area contributed by atoms with Crippen LogP contribution in [-0.4, -0.2) is 29.8 Å². The zero-order valence-corrected chi connectivity index (χ0v) is 11.5. The highest BCUT2D eigenvalue weighted by atomic mass is 16.3. The fourth-order valence-corrected chi connectivity index (χ4v) is 2.25. The molecule has 1 atom stereocenters. The number of fused-ring (bicyclic) bond motifs is 1. The third kappa shape index (κ3) is 4.30. The van der Waals surface area contributed by atoms with Crippen LogP contribution in [0.2, 0.25) is 0 Å². The van der Waals surface area contributed by atoms with Crippen LogP contribution in [0.15, 0.2) is 36.5 Å². The van der Waals surface area contributed by atoms with E-state index in [2.05, 4.69) is 22.4 Å². The third-order valence-electron chi connectivity index (χ3n) is 3.38. The van der Waals surface area contributed by atoms with E-state index in [1.165, 1.54) is 10.9 Å². The van der Waals surface area contributed by atoms with Crippen LogP contribution in [0.3, 0.4) is 0 Å². The summed E-state index contributed by atoms with van der Waals surface area (Å²) in [5.74, 6) is 0. The number of aliphatic hydroxyl groups is 1. The highest BCUT2D eigenvalue weighted by Gasteiger charge is 2.05. The van der Waals surface area contributed by atoms with Gasteiger partial charge in [-0.3, -0.25) is 4.98 Å². The van der Waals surface area contributed by atoms with Crippen molar-refractivity contribution >= 4 is 10.9 Å². The number of aliphatic hydroxyl groups excluding tert-OH is 1. The summed E-state index contributed by atoms with van der Waals surface area (Å²) in [4.78, 5) is 4.44. The van der Waals surface area contributed by atoms with Crippen molar-refractivity contribution in [3.63, 3.8) is 0 Å². The van der Waals surface area contributed by atoms with Gasteiger partial charge in [0.05, 0.1) is 11.6 Å². The van der Waals surface area contributed by atoms with Gasteiger partial charge in [0.1, 0.15) is 0 Å². The molecule has 3 nitrogen and oxygen atoms in total. The normalized spacial score (nSPS) is 12.7. The molecule has 3 heteroatoms. The molecule has 0 bridgehead atoms. The Bertz CT molecular complexity index is 513. The van der Waals surface area contributed by atoms with Crippen LogP contribution < -0.4 is 5.32 Å². The topological polar surface area (TPSA) is 45.1 Å². The molecule has 0 fully saturated rings. The van der Waals surface area contributed by atoms with Crippen LogP contribution in [0.4, 0.5) is 0 Å². The Balaban J connectivity index is 1.87. The molecule has 1 aromatic carbocycles. The summed E-state index contributed by atoms with van der Waals surface area (Å²) in [6.45, 7) is 0.967. The minimum atomic E-state index is -0.208. The quantitative estimate of drug-likeness (QED) is 0.750. The lowest BCUT2D eigenvalue weighted by molar-refractivity contribution is 0.152. The van der Waals surface area contributed by atoms with Crippen molar-refractivity contribution in [2.45, 2.75) is 31.8 Å². The Morgan fingerprint density at radius 1 is 1.26 bits per heavy atom. The van der Waals surface area contributed by atoms with Gasteiger partial charge in [0.2, 0.25) is 0 Å². The highest BCUT2D eigenvalue weighted by Crippen LogP contribution is 2.15. The molecule has 1 aromatic heterocycles. The lowest BCUT2D eigenvalue weighted by Crippen LogP contribution is -2.13. The van der Waals surface area contributed by atoms with E-state index in [1.54, 1.807) is 0 Å². The van der Waals surface area contributed by atoms with Crippen molar-refractivity contribution in [3.8, 4) is 0 Å². The summed E-state index contributed by atoms with van der Waals surface area (Å²) < 4.78 is 0. The van der Waals surface area contributed by atoms with Gasteiger partial charge in [-0.25, -0.2) is 0 Å². The van der Waals surface area contributed by atoms with Gasteiger partial charge in [0.15, 0.2) is 0 Å². The first-order valence-corrected chi connectivity index (χ1v) is 6.96. The molecule has 1 heterocycles. The maximum absolute atomic E-state index is 9.90. The molecule has 102 valence electrons. The predicted molar refractivity (Wildman–Crippen MR) is 79.2 cm³/mol. The van der Waals surface area contributed by atoms with Gasteiger partial charge in [-0.05, 0) is 57.0 Å². The lowest BCUT2D eigenvalue weighted by Gasteiger charge is -2.10. The summed E-state index contributed by atoms with van der Waals surface area (Å²) in [7, 11) is 1.94. The minimum absolute atomic E-state index is 0.208. The lowest BCUT2D eigenvalue weighted by atomic mass is 10.0. The number of nitrogens with zero attached hydrogens (tertiary/aromatic N) is 1. The summed E-state index contributed by atoms with van der Waals surface area (Å²) in [6.07, 6.45) is 5.29. The molecule has 0 saturated heterocycles. The predicted octanol–water partition coefficient (Wildman–Crippen LogP) is 2.53. The summed E-state index contributed by atoms with van der Waals surface area (Å²) in [5, 5.41) is 14.2. The van der Waals surface area contributed by atoms with E-state index in [0.717, 1.165) is 37.7 Å². The molecule has 0 aliphatic heterocycles. The number of aryl methyl sites for hydroxylation is 1. The van der Waals surface area contributed by atoms with Crippen molar-refractivity contribution in [1.29, 1.82) is 0 Å². The number of nitrogens with one attached hydrogen (secondary N) is 1. The van der Waals surface area contributed by atoms with Crippen molar-refractivity contribution in [2.75, 3.05) is 13.6 Å². The van der Waals surface area contributed by atoms with Crippen molar-refractivity contribution in [3.05, 3.63) is 42.1 Å². The number of hydrogen-bond acceptors (Lipinski definition) is 3. The maximum atomic E-state index is 9.90. The molecule has 0 aliphatic rings. The average molecular weight is 258 g/mol. The average Bonchev–Trinajstić information content (AvgIpc) is 2.45. The second kappa shape index (κ2) is 7.22. The third-order valence-corrected chi connectivity index (χ3v) is 3.38. The fourth-order valence-electron chi connectivity index (χ4n) is 2.25. The number of rotatable bonds is 7. The summed E-state index contributed by atoms with van der Waals surface area (Å²) in [6, 6.07) is 10.3. The second-order valence-corrected chi connectivity index (χ2v) is 4.97. The molecule has 0 spiro atoms. The Kier molecular flexibility index (Phi) is 5.31. The molecule has 19 heavy (non-hydrogen) atoms. The first kappa shape index (κ1) is 14.0. The zero-order chi connectivity index (χ0) is 13.5. The molecular weight excluding hydrogens is 236 g/mol. The molecule has 2 aromatic rings. The Hall–Kier alpha value is -1.45. The fraction of sp³-hybridized carbons (Fsp3) is 0.438. The van der Waals surface area contributed by atoms with E-state index in [1.807, 2.05) is 31.4 Å². The van der Waals surface area contributed by atoms with Crippen LogP contribution in [0.5, 0.6) is 0 Å². The van der Waals surface area contributed by atoms with Gasteiger partial charge in [-0.2, -0.15) is 0 Å². The van der Waals surface area contributed by atoms with Crippen LogP contribution in [0.1, 0.15) is 24.8 Å². The molecular formula is C16H22N2O. The molecule has 0 radical (unpaired) electrons. The second-order valence-electron chi connectivity index (χ2n) is 4.97. The van der Waals surface area contributed by atoms with E-state index in [0.29, 0.717) is 0 Å². The van der Waals surface area contributed by atoms with Crippen molar-refractivity contribution in [2.24, 2.45) is 0 Å².